The van der Waals surface area contributed by atoms with Crippen LogP contribution in [0, 0.1) is 20.8 Å². The molecule has 0 saturated heterocycles. The monoisotopic (exact) mass is 436 g/mol. The van der Waals surface area contributed by atoms with Crippen molar-refractivity contribution in [2.45, 2.75) is 53.1 Å². The molecular formula is C22H29ClN2O3S. The summed E-state index contributed by atoms with van der Waals surface area (Å²) in [5.41, 5.74) is 4.48. The third-order valence-electron chi connectivity index (χ3n) is 5.02. The molecule has 0 fully saturated rings. The topological polar surface area (TPSA) is 66.5 Å². The number of nitrogens with one attached hydrogen (secondary N) is 1. The van der Waals surface area contributed by atoms with E-state index in [9.17, 15) is 13.2 Å². The van der Waals surface area contributed by atoms with Crippen molar-refractivity contribution in [2.24, 2.45) is 0 Å². The van der Waals surface area contributed by atoms with Gasteiger partial charge in [-0.15, -0.1) is 0 Å². The molecule has 0 aromatic heterocycles. The third-order valence-corrected chi connectivity index (χ3v) is 6.67. The van der Waals surface area contributed by atoms with Gasteiger partial charge in [0.25, 0.3) is 0 Å². The second-order valence-electron chi connectivity index (χ2n) is 7.50. The summed E-state index contributed by atoms with van der Waals surface area (Å²) in [6.07, 6.45) is 1.78. The van der Waals surface area contributed by atoms with Gasteiger partial charge in [-0.2, -0.15) is 0 Å². The molecule has 2 atom stereocenters. The SMILES string of the molecule is CC[C@H](NC(=O)[C@@H](C)N(c1ccc(C)c(Cl)c1)S(C)(=O)=O)c1ccc(C)cc1C. The number of carbonyl (C=O) groups excluding carboxylic acids is 1. The van der Waals surface area contributed by atoms with Crippen molar-refractivity contribution in [2.75, 3.05) is 10.6 Å². The molecule has 29 heavy (non-hydrogen) atoms. The van der Waals surface area contributed by atoms with Gasteiger partial charge in [0.15, 0.2) is 0 Å². The van der Waals surface area contributed by atoms with Crippen molar-refractivity contribution in [3.63, 3.8) is 0 Å². The standard InChI is InChI=1S/C22H29ClN2O3S/c1-7-21(19-11-8-14(2)12-16(19)4)24-22(26)17(5)25(29(6,27)28)18-10-9-15(3)20(23)13-18/h8-13,17,21H,7H2,1-6H3,(H,24,26)/t17-,21+/m1/s1. The largest absolute Gasteiger partial charge is 0.347 e. The zero-order valence-electron chi connectivity index (χ0n) is 17.8. The van der Waals surface area contributed by atoms with Crippen LogP contribution in [0.2, 0.25) is 5.02 Å². The average Bonchev–Trinajstić information content (AvgIpc) is 2.62. The Balaban J connectivity index is 2.34. The number of benzene rings is 2. The Bertz CT molecular complexity index is 1010. The molecule has 0 aliphatic carbocycles. The molecule has 0 spiro atoms. The highest BCUT2D eigenvalue weighted by Crippen LogP contribution is 2.27. The first-order valence-corrected chi connectivity index (χ1v) is 11.8. The molecule has 0 aliphatic rings. The minimum absolute atomic E-state index is 0.200. The maximum atomic E-state index is 13.0. The van der Waals surface area contributed by atoms with Crippen molar-refractivity contribution < 1.29 is 13.2 Å². The molecule has 5 nitrogen and oxygen atoms in total. The van der Waals surface area contributed by atoms with Gasteiger partial charge in [0.05, 0.1) is 18.0 Å². The van der Waals surface area contributed by atoms with Crippen molar-refractivity contribution in [1.29, 1.82) is 0 Å². The van der Waals surface area contributed by atoms with E-state index in [1.54, 1.807) is 25.1 Å². The molecule has 1 N–H and O–H groups in total. The number of anilines is 1. The normalized spacial score (nSPS) is 13.6. The maximum absolute atomic E-state index is 13.0. The summed E-state index contributed by atoms with van der Waals surface area (Å²) < 4.78 is 26.1. The van der Waals surface area contributed by atoms with Crippen LogP contribution in [-0.2, 0) is 14.8 Å². The summed E-state index contributed by atoms with van der Waals surface area (Å²) in [6, 6.07) is 9.94. The lowest BCUT2D eigenvalue weighted by Gasteiger charge is -2.30. The smallest absolute Gasteiger partial charge is 0.244 e. The summed E-state index contributed by atoms with van der Waals surface area (Å²) in [4.78, 5) is 13.0. The van der Waals surface area contributed by atoms with Crippen LogP contribution in [0.4, 0.5) is 5.69 Å². The molecule has 0 unspecified atom stereocenters. The number of carbonyl (C=O) groups is 1. The van der Waals surface area contributed by atoms with E-state index in [2.05, 4.69) is 11.4 Å². The summed E-state index contributed by atoms with van der Waals surface area (Å²) in [5.74, 6) is -0.362. The van der Waals surface area contributed by atoms with Gasteiger partial charge in [0.2, 0.25) is 15.9 Å². The lowest BCUT2D eigenvalue weighted by Crippen LogP contribution is -2.48. The van der Waals surface area contributed by atoms with Gasteiger partial charge < -0.3 is 5.32 Å². The molecule has 158 valence electrons. The molecule has 2 aromatic rings. The first-order chi connectivity index (χ1) is 13.5. The predicted octanol–water partition coefficient (Wildman–Crippen LogP) is 4.69. The van der Waals surface area contributed by atoms with Crippen LogP contribution < -0.4 is 9.62 Å². The molecule has 0 aliphatic heterocycles. The Kier molecular flexibility index (Phi) is 7.35. The number of sulfonamides is 1. The number of rotatable bonds is 7. The third kappa shape index (κ3) is 5.52. The van der Waals surface area contributed by atoms with E-state index in [1.807, 2.05) is 39.8 Å². The van der Waals surface area contributed by atoms with Crippen LogP contribution >= 0.6 is 11.6 Å². The Hall–Kier alpha value is -2.05. The summed E-state index contributed by atoms with van der Waals surface area (Å²) in [6.45, 7) is 9.44. The quantitative estimate of drug-likeness (QED) is 0.684. The van der Waals surface area contributed by atoms with Crippen LogP contribution in [0.1, 0.15) is 48.6 Å². The zero-order valence-corrected chi connectivity index (χ0v) is 19.4. The van der Waals surface area contributed by atoms with Crippen molar-refractivity contribution in [3.05, 3.63) is 63.7 Å². The molecule has 0 bridgehead atoms. The summed E-state index contributed by atoms with van der Waals surface area (Å²) in [7, 11) is -3.70. The van der Waals surface area contributed by atoms with Crippen LogP contribution in [0.25, 0.3) is 0 Å². The second-order valence-corrected chi connectivity index (χ2v) is 9.76. The number of halogens is 1. The Morgan fingerprint density at radius 2 is 1.76 bits per heavy atom. The van der Waals surface area contributed by atoms with E-state index in [4.69, 9.17) is 11.6 Å². The van der Waals surface area contributed by atoms with Crippen LogP contribution in [-0.4, -0.2) is 26.6 Å². The van der Waals surface area contributed by atoms with E-state index >= 15 is 0 Å². The van der Waals surface area contributed by atoms with E-state index in [-0.39, 0.29) is 11.9 Å². The van der Waals surface area contributed by atoms with Gasteiger partial charge in [-0.05, 0) is 62.9 Å². The van der Waals surface area contributed by atoms with Gasteiger partial charge in [0.1, 0.15) is 6.04 Å². The molecular weight excluding hydrogens is 408 g/mol. The average molecular weight is 437 g/mol. The summed E-state index contributed by atoms with van der Waals surface area (Å²) >= 11 is 6.19. The minimum Gasteiger partial charge on any atom is -0.347 e. The number of hydrogen-bond donors (Lipinski definition) is 1. The van der Waals surface area contributed by atoms with Crippen molar-refractivity contribution in [3.8, 4) is 0 Å². The van der Waals surface area contributed by atoms with E-state index in [1.165, 1.54) is 0 Å². The highest BCUT2D eigenvalue weighted by atomic mass is 35.5. The molecule has 7 heteroatoms. The first-order valence-electron chi connectivity index (χ1n) is 9.58. The fourth-order valence-corrected chi connectivity index (χ4v) is 4.78. The zero-order chi connectivity index (χ0) is 21.9. The fourth-order valence-electron chi connectivity index (χ4n) is 3.44. The van der Waals surface area contributed by atoms with Gasteiger partial charge in [-0.25, -0.2) is 8.42 Å². The van der Waals surface area contributed by atoms with Crippen molar-refractivity contribution in [1.82, 2.24) is 5.32 Å². The predicted molar refractivity (Wildman–Crippen MR) is 120 cm³/mol. The van der Waals surface area contributed by atoms with Gasteiger partial charge in [-0.1, -0.05) is 48.4 Å². The minimum atomic E-state index is -3.70. The molecule has 0 saturated carbocycles. The molecule has 0 radical (unpaired) electrons. The van der Waals surface area contributed by atoms with E-state index in [0.717, 1.165) is 32.8 Å². The van der Waals surface area contributed by atoms with E-state index in [0.29, 0.717) is 17.1 Å². The van der Waals surface area contributed by atoms with E-state index < -0.39 is 16.1 Å². The summed E-state index contributed by atoms with van der Waals surface area (Å²) in [5, 5.41) is 3.46. The molecule has 0 heterocycles. The van der Waals surface area contributed by atoms with Crippen LogP contribution in [0.5, 0.6) is 0 Å². The highest BCUT2D eigenvalue weighted by molar-refractivity contribution is 7.92. The lowest BCUT2D eigenvalue weighted by molar-refractivity contribution is -0.122. The van der Waals surface area contributed by atoms with Crippen LogP contribution in [0.15, 0.2) is 36.4 Å². The number of nitrogens with zero attached hydrogens (tertiary/aromatic N) is 1. The van der Waals surface area contributed by atoms with Gasteiger partial charge >= 0.3 is 0 Å². The first kappa shape index (κ1) is 23.2. The van der Waals surface area contributed by atoms with Gasteiger partial charge in [-0.3, -0.25) is 9.10 Å². The molecule has 2 aromatic carbocycles. The number of hydrogen-bond acceptors (Lipinski definition) is 3. The van der Waals surface area contributed by atoms with Crippen LogP contribution in [0.3, 0.4) is 0 Å². The molecule has 2 rings (SSSR count). The number of amides is 1. The second kappa shape index (κ2) is 9.18. The molecule has 1 amide bonds. The number of aryl methyl sites for hydroxylation is 3. The van der Waals surface area contributed by atoms with Gasteiger partial charge in [0, 0.05) is 5.02 Å². The highest BCUT2D eigenvalue weighted by Gasteiger charge is 2.30. The fraction of sp³-hybridized carbons (Fsp3) is 0.409. The Morgan fingerprint density at radius 3 is 2.28 bits per heavy atom. The maximum Gasteiger partial charge on any atom is 0.244 e. The van der Waals surface area contributed by atoms with Crippen molar-refractivity contribution >= 4 is 33.2 Å². The Morgan fingerprint density at radius 1 is 1.10 bits per heavy atom. The Labute approximate surface area is 179 Å². The lowest BCUT2D eigenvalue weighted by atomic mass is 9.97.